The second kappa shape index (κ2) is 9.38. The van der Waals surface area contributed by atoms with Gasteiger partial charge in [-0.15, -0.1) is 0 Å². The molecule has 0 bridgehead atoms. The van der Waals surface area contributed by atoms with Crippen molar-refractivity contribution in [2.24, 2.45) is 0 Å². The average Bonchev–Trinajstić information content (AvgIpc) is 3.21. The number of carbonyl (C=O) groups is 2. The van der Waals surface area contributed by atoms with Crippen LogP contribution in [0.4, 0.5) is 0 Å². The van der Waals surface area contributed by atoms with Crippen LogP contribution in [0.5, 0.6) is 0 Å². The normalized spacial score (nSPS) is 11.5. The van der Waals surface area contributed by atoms with Crippen LogP contribution in [0.2, 0.25) is 0 Å². The molecular formula is C27H26N2O4. The van der Waals surface area contributed by atoms with Crippen LogP contribution >= 0.6 is 0 Å². The van der Waals surface area contributed by atoms with E-state index in [1.54, 1.807) is 0 Å². The molecule has 1 aromatic heterocycles. The number of hydrogen-bond donors (Lipinski definition) is 1. The van der Waals surface area contributed by atoms with E-state index < -0.39 is 11.6 Å². The first-order valence-electron chi connectivity index (χ1n) is 10.9. The van der Waals surface area contributed by atoms with Gasteiger partial charge in [0.2, 0.25) is 0 Å². The van der Waals surface area contributed by atoms with E-state index in [-0.39, 0.29) is 18.8 Å². The summed E-state index contributed by atoms with van der Waals surface area (Å²) in [6, 6.07) is 24.6. The molecule has 168 valence electrons. The van der Waals surface area contributed by atoms with Gasteiger partial charge in [0.25, 0.3) is 0 Å². The Morgan fingerprint density at radius 2 is 1.58 bits per heavy atom. The fraction of sp³-hybridized carbons (Fsp3) is 0.222. The van der Waals surface area contributed by atoms with E-state index in [1.165, 1.54) is 6.92 Å². The van der Waals surface area contributed by atoms with Crippen molar-refractivity contribution in [2.45, 2.75) is 32.4 Å². The van der Waals surface area contributed by atoms with Gasteiger partial charge in [0, 0.05) is 19.9 Å². The molecule has 0 aliphatic carbocycles. The zero-order valence-electron chi connectivity index (χ0n) is 18.7. The van der Waals surface area contributed by atoms with Gasteiger partial charge < -0.3 is 14.4 Å². The Labute approximate surface area is 192 Å². The maximum absolute atomic E-state index is 12.2. The molecule has 0 aliphatic heterocycles. The average molecular weight is 443 g/mol. The highest BCUT2D eigenvalue weighted by atomic mass is 16.5. The van der Waals surface area contributed by atoms with Gasteiger partial charge in [-0.1, -0.05) is 66.7 Å². The predicted molar refractivity (Wildman–Crippen MR) is 126 cm³/mol. The summed E-state index contributed by atoms with van der Waals surface area (Å²) in [5.74, 6) is -0.146. The van der Waals surface area contributed by atoms with Crippen LogP contribution in [0.3, 0.4) is 0 Å². The number of rotatable bonds is 8. The summed E-state index contributed by atoms with van der Waals surface area (Å²) in [4.78, 5) is 28.0. The fourth-order valence-corrected chi connectivity index (χ4v) is 4.12. The van der Waals surface area contributed by atoms with Crippen LogP contribution in [-0.2, 0) is 32.9 Å². The third kappa shape index (κ3) is 4.43. The maximum Gasteiger partial charge on any atom is 0.303 e. The van der Waals surface area contributed by atoms with Gasteiger partial charge in [0.1, 0.15) is 6.61 Å². The van der Waals surface area contributed by atoms with Crippen molar-refractivity contribution in [1.29, 1.82) is 0 Å². The van der Waals surface area contributed by atoms with Gasteiger partial charge in [-0.3, -0.25) is 9.59 Å². The number of Topliss-reactive ketones (excluding diaryl/α,β-unsaturated/α-hetero) is 1. The molecular weight excluding hydrogens is 416 g/mol. The lowest BCUT2D eigenvalue weighted by Crippen LogP contribution is -2.32. The molecule has 4 aromatic rings. The summed E-state index contributed by atoms with van der Waals surface area (Å²) in [6.07, 6.45) is 0.148. The van der Waals surface area contributed by atoms with E-state index in [0.717, 1.165) is 27.7 Å². The Hall–Kier alpha value is -3.77. The molecule has 4 rings (SSSR count). The van der Waals surface area contributed by atoms with Crippen LogP contribution < -0.4 is 0 Å². The first kappa shape index (κ1) is 22.4. The number of carbonyl (C=O) groups excluding carboxylic acids is 2. The number of aryl methyl sites for hydroxylation is 1. The minimum Gasteiger partial charge on any atom is -0.458 e. The second-order valence-corrected chi connectivity index (χ2v) is 7.94. The lowest BCUT2D eigenvalue weighted by molar-refractivity contribution is -0.145. The lowest BCUT2D eigenvalue weighted by atomic mass is 9.85. The molecule has 6 heteroatoms. The maximum atomic E-state index is 12.2. The SMILES string of the molecule is CCn1c(C(O)(c2ccccc2)c2ccccc2)nc2ccc(CC(=O)COC(C)=O)cc21. The van der Waals surface area contributed by atoms with Crippen molar-refractivity contribution in [2.75, 3.05) is 6.61 Å². The quantitative estimate of drug-likeness (QED) is 0.417. The number of esters is 1. The Morgan fingerprint density at radius 3 is 2.12 bits per heavy atom. The van der Waals surface area contributed by atoms with E-state index in [2.05, 4.69) is 0 Å². The third-order valence-corrected chi connectivity index (χ3v) is 5.67. The second-order valence-electron chi connectivity index (χ2n) is 7.94. The summed E-state index contributed by atoms with van der Waals surface area (Å²) in [5, 5.41) is 12.2. The predicted octanol–water partition coefficient (Wildman–Crippen LogP) is 4.02. The number of benzene rings is 3. The molecule has 0 atom stereocenters. The van der Waals surface area contributed by atoms with Crippen LogP contribution in [-0.4, -0.2) is 33.0 Å². The molecule has 0 unspecified atom stereocenters. The number of imidazole rings is 1. The number of ketones is 1. The highest BCUT2D eigenvalue weighted by molar-refractivity contribution is 5.85. The van der Waals surface area contributed by atoms with Gasteiger partial charge in [-0.2, -0.15) is 0 Å². The molecule has 1 N–H and O–H groups in total. The van der Waals surface area contributed by atoms with Crippen LogP contribution in [0.25, 0.3) is 11.0 Å². The highest BCUT2D eigenvalue weighted by Crippen LogP contribution is 2.37. The van der Waals surface area contributed by atoms with Crippen molar-refractivity contribution in [3.8, 4) is 0 Å². The topological polar surface area (TPSA) is 81.4 Å². The number of aliphatic hydroxyl groups is 1. The van der Waals surface area contributed by atoms with Gasteiger partial charge in [-0.05, 0) is 35.7 Å². The number of nitrogens with zero attached hydrogens (tertiary/aromatic N) is 2. The molecule has 3 aromatic carbocycles. The van der Waals surface area contributed by atoms with Crippen molar-refractivity contribution in [1.82, 2.24) is 9.55 Å². The zero-order chi connectivity index (χ0) is 23.4. The molecule has 0 fully saturated rings. The van der Waals surface area contributed by atoms with Gasteiger partial charge in [-0.25, -0.2) is 4.98 Å². The van der Waals surface area contributed by atoms with Crippen LogP contribution in [0.15, 0.2) is 78.9 Å². The molecule has 0 amide bonds. The van der Waals surface area contributed by atoms with Gasteiger partial charge >= 0.3 is 5.97 Å². The number of hydrogen-bond acceptors (Lipinski definition) is 5. The zero-order valence-corrected chi connectivity index (χ0v) is 18.7. The number of ether oxygens (including phenoxy) is 1. The molecule has 0 radical (unpaired) electrons. The summed E-state index contributed by atoms with van der Waals surface area (Å²) in [7, 11) is 0. The van der Waals surface area contributed by atoms with E-state index in [9.17, 15) is 14.7 Å². The number of fused-ring (bicyclic) bond motifs is 1. The minimum atomic E-state index is -1.46. The summed E-state index contributed by atoms with van der Waals surface area (Å²) < 4.78 is 6.80. The van der Waals surface area contributed by atoms with Crippen molar-refractivity contribution in [3.05, 3.63) is 101 Å². The third-order valence-electron chi connectivity index (χ3n) is 5.67. The first-order valence-corrected chi connectivity index (χ1v) is 10.9. The van der Waals surface area contributed by atoms with Crippen LogP contribution in [0, 0.1) is 0 Å². The first-order chi connectivity index (χ1) is 15.9. The Morgan fingerprint density at radius 1 is 0.970 bits per heavy atom. The van der Waals surface area contributed by atoms with E-state index in [1.807, 2.05) is 90.4 Å². The van der Waals surface area contributed by atoms with E-state index in [0.29, 0.717) is 12.4 Å². The Balaban J connectivity index is 1.82. The summed E-state index contributed by atoms with van der Waals surface area (Å²) in [5.41, 5.74) is 2.34. The number of aromatic nitrogens is 2. The molecule has 6 nitrogen and oxygen atoms in total. The molecule has 0 aliphatic rings. The Bertz CT molecular complexity index is 1240. The fourth-order valence-electron chi connectivity index (χ4n) is 4.12. The Kier molecular flexibility index (Phi) is 6.38. The standard InChI is InChI=1S/C27H26N2O4/c1-3-29-25-17-20(16-23(31)18-33-19(2)30)14-15-24(25)28-26(29)27(32,21-10-6-4-7-11-21)22-12-8-5-9-13-22/h4-15,17,32H,3,16,18H2,1-2H3. The molecule has 0 saturated carbocycles. The summed E-state index contributed by atoms with van der Waals surface area (Å²) >= 11 is 0. The van der Waals surface area contributed by atoms with Crippen LogP contribution in [0.1, 0.15) is 36.4 Å². The molecule has 0 spiro atoms. The summed E-state index contributed by atoms with van der Waals surface area (Å²) in [6.45, 7) is 3.62. The van der Waals surface area contributed by atoms with E-state index >= 15 is 0 Å². The van der Waals surface area contributed by atoms with Gasteiger partial charge in [0.05, 0.1) is 11.0 Å². The monoisotopic (exact) mass is 442 g/mol. The van der Waals surface area contributed by atoms with E-state index in [4.69, 9.17) is 9.72 Å². The molecule has 1 heterocycles. The largest absolute Gasteiger partial charge is 0.458 e. The van der Waals surface area contributed by atoms with Crippen molar-refractivity contribution >= 4 is 22.8 Å². The van der Waals surface area contributed by atoms with Crippen molar-refractivity contribution in [3.63, 3.8) is 0 Å². The van der Waals surface area contributed by atoms with Crippen molar-refractivity contribution < 1.29 is 19.4 Å². The van der Waals surface area contributed by atoms with Gasteiger partial charge in [0.15, 0.2) is 17.2 Å². The minimum absolute atomic E-state index is 0.148. The lowest BCUT2D eigenvalue weighted by Gasteiger charge is -2.29. The smallest absolute Gasteiger partial charge is 0.303 e. The molecule has 0 saturated heterocycles. The molecule has 33 heavy (non-hydrogen) atoms. The highest BCUT2D eigenvalue weighted by Gasteiger charge is 2.38.